The zero-order valence-corrected chi connectivity index (χ0v) is 10.7. The molecule has 0 aliphatic rings. The number of rotatable bonds is 5. The highest BCUT2D eigenvalue weighted by atomic mass is 16.5. The highest BCUT2D eigenvalue weighted by Gasteiger charge is 2.24. The predicted molar refractivity (Wildman–Crippen MR) is 66.8 cm³/mol. The first-order valence-electron chi connectivity index (χ1n) is 5.81. The van der Waals surface area contributed by atoms with E-state index < -0.39 is 5.60 Å². The fourth-order valence-electron chi connectivity index (χ4n) is 1.59. The number of aryl methyl sites for hydroxylation is 1. The normalized spacial score (nSPS) is 14.9. The van der Waals surface area contributed by atoms with Crippen LogP contribution in [0.3, 0.4) is 0 Å². The Morgan fingerprint density at radius 1 is 1.31 bits per heavy atom. The molecule has 0 aliphatic heterocycles. The average molecular weight is 222 g/mol. The second-order valence-corrected chi connectivity index (χ2v) is 4.82. The molecule has 0 aromatic heterocycles. The van der Waals surface area contributed by atoms with E-state index >= 15 is 0 Å². The second kappa shape index (κ2) is 5.35. The number of aliphatic hydroxyl groups is 1. The monoisotopic (exact) mass is 222 g/mol. The maximum Gasteiger partial charge on any atom is 0.122 e. The molecule has 1 aromatic rings. The van der Waals surface area contributed by atoms with Gasteiger partial charge in [0.1, 0.15) is 5.75 Å². The van der Waals surface area contributed by atoms with Crippen molar-refractivity contribution in [1.82, 2.24) is 0 Å². The van der Waals surface area contributed by atoms with E-state index in [4.69, 9.17) is 4.74 Å². The van der Waals surface area contributed by atoms with Crippen molar-refractivity contribution in [3.05, 3.63) is 29.8 Å². The van der Waals surface area contributed by atoms with Gasteiger partial charge < -0.3 is 9.84 Å². The van der Waals surface area contributed by atoms with E-state index in [0.717, 1.165) is 24.2 Å². The molecule has 90 valence electrons. The first-order valence-corrected chi connectivity index (χ1v) is 5.81. The number of hydrogen-bond donors (Lipinski definition) is 1. The Morgan fingerprint density at radius 3 is 2.50 bits per heavy atom. The molecule has 0 spiro atoms. The average Bonchev–Trinajstić information content (AvgIpc) is 2.26. The number of para-hydroxylation sites is 1. The van der Waals surface area contributed by atoms with Gasteiger partial charge in [-0.1, -0.05) is 32.0 Å². The van der Waals surface area contributed by atoms with Gasteiger partial charge in [-0.2, -0.15) is 0 Å². The lowest BCUT2D eigenvalue weighted by molar-refractivity contribution is 0.00559. The van der Waals surface area contributed by atoms with Gasteiger partial charge in [-0.3, -0.25) is 0 Å². The molecule has 0 heterocycles. The summed E-state index contributed by atoms with van der Waals surface area (Å²) < 4.78 is 5.29. The summed E-state index contributed by atoms with van der Waals surface area (Å²) in [7, 11) is 1.68. The van der Waals surface area contributed by atoms with Crippen LogP contribution in [0.1, 0.15) is 32.8 Å². The summed E-state index contributed by atoms with van der Waals surface area (Å²) in [6.45, 7) is 5.98. The van der Waals surface area contributed by atoms with E-state index in [1.807, 2.05) is 39.0 Å². The molecule has 1 aromatic carbocycles. The third kappa shape index (κ3) is 3.24. The van der Waals surface area contributed by atoms with Crippen LogP contribution < -0.4 is 4.74 Å². The second-order valence-electron chi connectivity index (χ2n) is 4.82. The molecule has 0 aliphatic carbocycles. The van der Waals surface area contributed by atoms with Gasteiger partial charge >= 0.3 is 0 Å². The lowest BCUT2D eigenvalue weighted by atomic mass is 9.86. The SMILES string of the molecule is COc1ccccc1CCC(C)(O)C(C)C. The fourth-order valence-corrected chi connectivity index (χ4v) is 1.59. The highest BCUT2D eigenvalue weighted by molar-refractivity contribution is 5.33. The zero-order valence-electron chi connectivity index (χ0n) is 10.7. The topological polar surface area (TPSA) is 29.5 Å². The summed E-state index contributed by atoms with van der Waals surface area (Å²) in [5.74, 6) is 1.17. The molecule has 0 fully saturated rings. The van der Waals surface area contributed by atoms with Gasteiger partial charge in [-0.05, 0) is 37.3 Å². The molecule has 0 saturated carbocycles. The first kappa shape index (κ1) is 13.0. The summed E-state index contributed by atoms with van der Waals surface area (Å²) >= 11 is 0. The Hall–Kier alpha value is -1.02. The van der Waals surface area contributed by atoms with Crippen molar-refractivity contribution in [1.29, 1.82) is 0 Å². The van der Waals surface area contributed by atoms with Gasteiger partial charge in [0.25, 0.3) is 0 Å². The van der Waals surface area contributed by atoms with Crippen LogP contribution in [0.25, 0.3) is 0 Å². The van der Waals surface area contributed by atoms with Crippen LogP contribution in [0.15, 0.2) is 24.3 Å². The number of benzene rings is 1. The quantitative estimate of drug-likeness (QED) is 0.829. The molecule has 1 rings (SSSR count). The summed E-state index contributed by atoms with van der Waals surface area (Å²) in [6, 6.07) is 7.97. The van der Waals surface area contributed by atoms with Crippen LogP contribution in [-0.4, -0.2) is 17.8 Å². The van der Waals surface area contributed by atoms with Crippen molar-refractivity contribution >= 4 is 0 Å². The van der Waals surface area contributed by atoms with Crippen molar-refractivity contribution in [3.63, 3.8) is 0 Å². The van der Waals surface area contributed by atoms with E-state index in [2.05, 4.69) is 6.07 Å². The van der Waals surface area contributed by atoms with E-state index in [1.54, 1.807) is 7.11 Å². The molecule has 1 atom stereocenters. The molecule has 2 heteroatoms. The molecule has 1 unspecified atom stereocenters. The Morgan fingerprint density at radius 2 is 1.94 bits per heavy atom. The number of ether oxygens (including phenoxy) is 1. The van der Waals surface area contributed by atoms with E-state index in [-0.39, 0.29) is 5.92 Å². The van der Waals surface area contributed by atoms with E-state index in [9.17, 15) is 5.11 Å². The summed E-state index contributed by atoms with van der Waals surface area (Å²) in [6.07, 6.45) is 1.60. The number of hydrogen-bond acceptors (Lipinski definition) is 2. The fraction of sp³-hybridized carbons (Fsp3) is 0.571. The van der Waals surface area contributed by atoms with Gasteiger partial charge in [-0.15, -0.1) is 0 Å². The van der Waals surface area contributed by atoms with Crippen LogP contribution in [0.2, 0.25) is 0 Å². The zero-order chi connectivity index (χ0) is 12.2. The van der Waals surface area contributed by atoms with Crippen molar-refractivity contribution < 1.29 is 9.84 Å². The van der Waals surface area contributed by atoms with Gasteiger partial charge in [-0.25, -0.2) is 0 Å². The standard InChI is InChI=1S/C14H22O2/c1-11(2)14(3,15)10-9-12-7-5-6-8-13(12)16-4/h5-8,11,15H,9-10H2,1-4H3. The molecule has 16 heavy (non-hydrogen) atoms. The van der Waals surface area contributed by atoms with Crippen LogP contribution >= 0.6 is 0 Å². The smallest absolute Gasteiger partial charge is 0.122 e. The Balaban J connectivity index is 2.67. The van der Waals surface area contributed by atoms with Crippen molar-refractivity contribution in [2.75, 3.05) is 7.11 Å². The van der Waals surface area contributed by atoms with Crippen LogP contribution in [-0.2, 0) is 6.42 Å². The maximum atomic E-state index is 10.2. The van der Waals surface area contributed by atoms with Crippen molar-refractivity contribution in [3.8, 4) is 5.75 Å². The Kier molecular flexibility index (Phi) is 4.36. The molecule has 0 amide bonds. The van der Waals surface area contributed by atoms with Crippen molar-refractivity contribution in [2.24, 2.45) is 5.92 Å². The minimum absolute atomic E-state index is 0.266. The molecule has 2 nitrogen and oxygen atoms in total. The molecule has 0 radical (unpaired) electrons. The predicted octanol–water partition coefficient (Wildman–Crippen LogP) is 3.03. The third-order valence-electron chi connectivity index (χ3n) is 3.34. The minimum atomic E-state index is -0.610. The minimum Gasteiger partial charge on any atom is -0.496 e. The van der Waals surface area contributed by atoms with Gasteiger partial charge in [0.2, 0.25) is 0 Å². The summed E-state index contributed by atoms with van der Waals surface area (Å²) in [4.78, 5) is 0. The van der Waals surface area contributed by atoms with E-state index in [0.29, 0.717) is 0 Å². The largest absolute Gasteiger partial charge is 0.496 e. The van der Waals surface area contributed by atoms with Gasteiger partial charge in [0, 0.05) is 0 Å². The lowest BCUT2D eigenvalue weighted by Gasteiger charge is -2.27. The van der Waals surface area contributed by atoms with Crippen LogP contribution in [0.4, 0.5) is 0 Å². The molecule has 0 saturated heterocycles. The summed E-state index contributed by atoms with van der Waals surface area (Å²) in [5, 5.41) is 10.2. The van der Waals surface area contributed by atoms with Crippen molar-refractivity contribution in [2.45, 2.75) is 39.2 Å². The van der Waals surface area contributed by atoms with Crippen LogP contribution in [0.5, 0.6) is 5.75 Å². The Labute approximate surface area is 98.3 Å². The van der Waals surface area contributed by atoms with Gasteiger partial charge in [0.15, 0.2) is 0 Å². The summed E-state index contributed by atoms with van der Waals surface area (Å²) in [5.41, 5.74) is 0.548. The Bertz CT molecular complexity index is 329. The number of methoxy groups -OCH3 is 1. The molecule has 0 bridgehead atoms. The maximum absolute atomic E-state index is 10.2. The lowest BCUT2D eigenvalue weighted by Crippen LogP contribution is -2.31. The molecule has 1 N–H and O–H groups in total. The third-order valence-corrected chi connectivity index (χ3v) is 3.34. The molecular weight excluding hydrogens is 200 g/mol. The van der Waals surface area contributed by atoms with Crippen LogP contribution in [0, 0.1) is 5.92 Å². The molecular formula is C14H22O2. The van der Waals surface area contributed by atoms with E-state index in [1.165, 1.54) is 0 Å². The first-order chi connectivity index (χ1) is 7.47. The highest BCUT2D eigenvalue weighted by Crippen LogP contribution is 2.26. The van der Waals surface area contributed by atoms with Gasteiger partial charge in [0.05, 0.1) is 12.7 Å².